The van der Waals surface area contributed by atoms with Gasteiger partial charge in [0.2, 0.25) is 0 Å². The third-order valence-electron chi connectivity index (χ3n) is 4.36. The Bertz CT molecular complexity index is 1190. The van der Waals surface area contributed by atoms with Crippen LogP contribution < -0.4 is 4.74 Å². The van der Waals surface area contributed by atoms with Crippen molar-refractivity contribution < 1.29 is 23.8 Å². The molecule has 2 heterocycles. The number of hydrogen-bond donors (Lipinski definition) is 1. The number of halogens is 1. The maximum absolute atomic E-state index is 13.6. The van der Waals surface area contributed by atoms with E-state index in [1.165, 1.54) is 22.9 Å². The molecular weight excluding hydrogens is 391 g/mol. The van der Waals surface area contributed by atoms with Gasteiger partial charge in [-0.2, -0.15) is 0 Å². The number of ether oxygens (including phenoxy) is 2. The highest BCUT2D eigenvalue weighted by Crippen LogP contribution is 2.24. The average Bonchev–Trinajstić information content (AvgIpc) is 3.25. The van der Waals surface area contributed by atoms with Crippen LogP contribution in [0.25, 0.3) is 28.0 Å². The van der Waals surface area contributed by atoms with Crippen LogP contribution in [0.4, 0.5) is 4.39 Å². The number of hydrogen-bond acceptors (Lipinski definition) is 7. The highest BCUT2D eigenvalue weighted by Gasteiger charge is 2.10. The zero-order chi connectivity index (χ0) is 20.9. The summed E-state index contributed by atoms with van der Waals surface area (Å²) in [6, 6.07) is 13.2. The molecule has 2 aromatic carbocycles. The van der Waals surface area contributed by atoms with Crippen LogP contribution in [0.3, 0.4) is 0 Å². The van der Waals surface area contributed by atoms with Crippen molar-refractivity contribution in [3.63, 3.8) is 0 Å². The van der Waals surface area contributed by atoms with Crippen molar-refractivity contribution in [3.05, 3.63) is 60.5 Å². The van der Waals surface area contributed by atoms with Crippen molar-refractivity contribution in [2.45, 2.75) is 6.42 Å². The predicted octanol–water partition coefficient (Wildman–Crippen LogP) is 3.27. The van der Waals surface area contributed by atoms with Gasteiger partial charge in [0.1, 0.15) is 11.4 Å². The van der Waals surface area contributed by atoms with Gasteiger partial charge in [-0.25, -0.2) is 14.1 Å². The number of aromatic nitrogens is 4. The molecule has 0 bridgehead atoms. The summed E-state index contributed by atoms with van der Waals surface area (Å²) < 4.78 is 25.3. The van der Waals surface area contributed by atoms with Crippen LogP contribution in [0.5, 0.6) is 11.5 Å². The Morgan fingerprint density at radius 2 is 1.97 bits per heavy atom. The van der Waals surface area contributed by atoms with E-state index < -0.39 is 11.6 Å². The van der Waals surface area contributed by atoms with Gasteiger partial charge >= 0.3 is 0 Å². The lowest BCUT2D eigenvalue weighted by Gasteiger charge is -2.07. The molecule has 152 valence electrons. The molecule has 0 saturated carbocycles. The molecule has 0 radical (unpaired) electrons. The van der Waals surface area contributed by atoms with Crippen LogP contribution in [-0.2, 0) is 9.53 Å². The van der Waals surface area contributed by atoms with Crippen molar-refractivity contribution in [2.75, 3.05) is 13.2 Å². The number of nitrogens with zero attached hydrogens (tertiary/aromatic N) is 4. The van der Waals surface area contributed by atoms with Crippen LogP contribution in [0.15, 0.2) is 54.7 Å². The summed E-state index contributed by atoms with van der Waals surface area (Å²) >= 11 is 0. The molecule has 0 atom stereocenters. The molecule has 0 aliphatic rings. The van der Waals surface area contributed by atoms with E-state index in [-0.39, 0.29) is 0 Å². The maximum atomic E-state index is 13.6. The van der Waals surface area contributed by atoms with Gasteiger partial charge in [0.15, 0.2) is 11.6 Å². The van der Waals surface area contributed by atoms with Gasteiger partial charge in [0.25, 0.3) is 6.47 Å². The van der Waals surface area contributed by atoms with Crippen molar-refractivity contribution >= 4 is 17.4 Å². The molecule has 0 spiro atoms. The molecular formula is C21H17FN4O4. The average molecular weight is 408 g/mol. The number of fused-ring (bicyclic) bond motifs is 1. The lowest BCUT2D eigenvalue weighted by molar-refractivity contribution is -0.128. The van der Waals surface area contributed by atoms with Crippen LogP contribution in [0, 0.1) is 5.82 Å². The highest BCUT2D eigenvalue weighted by molar-refractivity contribution is 5.82. The Hall–Kier alpha value is -4.01. The minimum atomic E-state index is -0.734. The number of rotatable bonds is 8. The Balaban J connectivity index is 1.51. The lowest BCUT2D eigenvalue weighted by Crippen LogP contribution is -2.02. The van der Waals surface area contributed by atoms with E-state index in [0.717, 1.165) is 10.9 Å². The summed E-state index contributed by atoms with van der Waals surface area (Å²) in [5, 5.41) is 18.3. The van der Waals surface area contributed by atoms with Gasteiger partial charge < -0.3 is 14.6 Å². The molecule has 0 amide bonds. The second-order valence-electron chi connectivity index (χ2n) is 6.40. The first kappa shape index (κ1) is 19.3. The monoisotopic (exact) mass is 408 g/mol. The van der Waals surface area contributed by atoms with Gasteiger partial charge in [-0.1, -0.05) is 11.3 Å². The normalized spacial score (nSPS) is 10.8. The standard InChI is InChI=1S/C21H17FN4O4/c22-17-11-15(3-7-21(17)28)26-12-20(24-25-26)19-5-2-14-10-16(4-6-18(14)23-19)30-9-1-8-29-13-27/h2-7,10-13,28H,1,8-9H2. The summed E-state index contributed by atoms with van der Waals surface area (Å²) in [4.78, 5) is 14.7. The van der Waals surface area contributed by atoms with Gasteiger partial charge in [0.05, 0.1) is 36.3 Å². The number of phenols is 1. The van der Waals surface area contributed by atoms with Gasteiger partial charge in [-0.15, -0.1) is 5.10 Å². The van der Waals surface area contributed by atoms with Crippen molar-refractivity contribution in [1.82, 2.24) is 20.0 Å². The second-order valence-corrected chi connectivity index (χ2v) is 6.40. The number of aromatic hydroxyl groups is 1. The summed E-state index contributed by atoms with van der Waals surface area (Å²) in [6.07, 6.45) is 2.24. The smallest absolute Gasteiger partial charge is 0.293 e. The van der Waals surface area contributed by atoms with E-state index in [0.29, 0.717) is 48.9 Å². The maximum Gasteiger partial charge on any atom is 0.293 e. The molecule has 9 heteroatoms. The third kappa shape index (κ3) is 4.19. The fraction of sp³-hybridized carbons (Fsp3) is 0.143. The van der Waals surface area contributed by atoms with Gasteiger partial charge in [-0.05, 0) is 36.4 Å². The molecule has 0 saturated heterocycles. The van der Waals surface area contributed by atoms with Crippen LogP contribution in [0.1, 0.15) is 6.42 Å². The summed E-state index contributed by atoms with van der Waals surface area (Å²) in [7, 11) is 0. The Morgan fingerprint density at radius 3 is 2.80 bits per heavy atom. The quantitative estimate of drug-likeness (QED) is 0.353. The first-order valence-electron chi connectivity index (χ1n) is 9.14. The zero-order valence-corrected chi connectivity index (χ0v) is 15.7. The van der Waals surface area contributed by atoms with E-state index in [9.17, 15) is 14.3 Å². The topological polar surface area (TPSA) is 99.4 Å². The van der Waals surface area contributed by atoms with E-state index in [4.69, 9.17) is 4.74 Å². The molecule has 0 fully saturated rings. The third-order valence-corrected chi connectivity index (χ3v) is 4.36. The number of carbonyl (C=O) groups is 1. The number of carbonyl (C=O) groups excluding carboxylic acids is 1. The van der Waals surface area contributed by atoms with E-state index >= 15 is 0 Å². The van der Waals surface area contributed by atoms with E-state index in [1.54, 1.807) is 6.20 Å². The number of phenolic OH excluding ortho intramolecular Hbond substituents is 1. The minimum absolute atomic E-state index is 0.319. The zero-order valence-electron chi connectivity index (χ0n) is 15.7. The molecule has 1 N–H and O–H groups in total. The Kier molecular flexibility index (Phi) is 5.51. The first-order chi connectivity index (χ1) is 14.6. The molecule has 4 rings (SSSR count). The van der Waals surface area contributed by atoms with Crippen molar-refractivity contribution in [2.24, 2.45) is 0 Å². The van der Waals surface area contributed by atoms with Gasteiger partial charge in [0, 0.05) is 17.9 Å². The lowest BCUT2D eigenvalue weighted by atomic mass is 10.2. The molecule has 30 heavy (non-hydrogen) atoms. The van der Waals surface area contributed by atoms with E-state index in [1.807, 2.05) is 30.3 Å². The first-order valence-corrected chi connectivity index (χ1v) is 9.14. The summed E-state index contributed by atoms with van der Waals surface area (Å²) in [5.74, 6) is -0.459. The van der Waals surface area contributed by atoms with Crippen molar-refractivity contribution in [1.29, 1.82) is 0 Å². The van der Waals surface area contributed by atoms with Crippen LogP contribution in [-0.4, -0.2) is 44.8 Å². The molecule has 0 aliphatic carbocycles. The minimum Gasteiger partial charge on any atom is -0.505 e. The molecule has 0 aliphatic heterocycles. The van der Waals surface area contributed by atoms with Crippen molar-refractivity contribution in [3.8, 4) is 28.6 Å². The fourth-order valence-electron chi connectivity index (χ4n) is 2.86. The highest BCUT2D eigenvalue weighted by atomic mass is 19.1. The summed E-state index contributed by atoms with van der Waals surface area (Å²) in [6.45, 7) is 1.17. The van der Waals surface area contributed by atoms with Crippen LogP contribution >= 0.6 is 0 Å². The Morgan fingerprint density at radius 1 is 1.07 bits per heavy atom. The SMILES string of the molecule is O=COCCCOc1ccc2nc(-c3cn(-c4ccc(O)c(F)c4)nn3)ccc2c1. The molecule has 4 aromatic rings. The number of benzene rings is 2. The predicted molar refractivity (Wildman–Crippen MR) is 106 cm³/mol. The molecule has 0 unspecified atom stereocenters. The fourth-order valence-corrected chi connectivity index (χ4v) is 2.86. The number of pyridine rings is 1. The Labute approximate surface area is 170 Å². The second kappa shape index (κ2) is 8.56. The van der Waals surface area contributed by atoms with Gasteiger partial charge in [-0.3, -0.25) is 4.79 Å². The van der Waals surface area contributed by atoms with Crippen LogP contribution in [0.2, 0.25) is 0 Å². The molecule has 8 nitrogen and oxygen atoms in total. The van der Waals surface area contributed by atoms with E-state index in [2.05, 4.69) is 20.0 Å². The summed E-state index contributed by atoms with van der Waals surface area (Å²) in [5.41, 5.74) is 2.34. The molecule has 2 aromatic heterocycles. The largest absolute Gasteiger partial charge is 0.505 e.